The van der Waals surface area contributed by atoms with Gasteiger partial charge in [-0.2, -0.15) is 0 Å². The van der Waals surface area contributed by atoms with Crippen LogP contribution in [0.5, 0.6) is 0 Å². The molecule has 1 aliphatic rings. The molecule has 3 unspecified atom stereocenters. The number of aromatic nitrogens is 1. The molecule has 0 bridgehead atoms. The van der Waals surface area contributed by atoms with Crippen LogP contribution in [0.1, 0.15) is 29.5 Å². The van der Waals surface area contributed by atoms with Crippen LogP contribution in [-0.2, 0) is 6.54 Å². The highest BCUT2D eigenvalue weighted by Crippen LogP contribution is 2.52. The van der Waals surface area contributed by atoms with Gasteiger partial charge in [-0.25, -0.2) is 0 Å². The molecule has 1 N–H and O–H groups in total. The van der Waals surface area contributed by atoms with Gasteiger partial charge in [0.25, 0.3) is 0 Å². The first-order valence-corrected chi connectivity index (χ1v) is 7.27. The second-order valence-corrected chi connectivity index (χ2v) is 5.58. The molecule has 0 spiro atoms. The van der Waals surface area contributed by atoms with Crippen LogP contribution in [0, 0.1) is 5.92 Å². The van der Waals surface area contributed by atoms with Crippen molar-refractivity contribution in [1.29, 1.82) is 0 Å². The summed E-state index contributed by atoms with van der Waals surface area (Å²) in [7, 11) is 0. The summed E-state index contributed by atoms with van der Waals surface area (Å²) >= 11 is 0. The van der Waals surface area contributed by atoms with Crippen LogP contribution < -0.4 is 0 Å². The summed E-state index contributed by atoms with van der Waals surface area (Å²) in [6.45, 7) is 4.91. The van der Waals surface area contributed by atoms with Crippen molar-refractivity contribution < 1.29 is 5.11 Å². The van der Waals surface area contributed by atoms with E-state index in [1.54, 1.807) is 0 Å². The predicted octanol–water partition coefficient (Wildman–Crippen LogP) is 3.55. The molecule has 20 heavy (non-hydrogen) atoms. The minimum atomic E-state index is 0.253. The van der Waals surface area contributed by atoms with Crippen LogP contribution in [0.25, 0.3) is 0 Å². The molecule has 2 aromatic rings. The lowest BCUT2D eigenvalue weighted by atomic mass is 9.61. The van der Waals surface area contributed by atoms with Crippen molar-refractivity contribution in [2.24, 2.45) is 5.92 Å². The number of allylic oxidation sites excluding steroid dienone is 1. The molecule has 0 radical (unpaired) electrons. The molecule has 1 saturated carbocycles. The second-order valence-electron chi connectivity index (χ2n) is 5.58. The number of hydrogen-bond acceptors (Lipinski definition) is 1. The van der Waals surface area contributed by atoms with Crippen molar-refractivity contribution in [3.05, 3.63) is 72.6 Å². The third-order valence-corrected chi connectivity index (χ3v) is 4.55. The molecule has 2 heteroatoms. The summed E-state index contributed by atoms with van der Waals surface area (Å²) in [6, 6.07) is 14.8. The minimum Gasteiger partial charge on any atom is -0.396 e. The van der Waals surface area contributed by atoms with Gasteiger partial charge in [-0.3, -0.25) is 0 Å². The zero-order valence-corrected chi connectivity index (χ0v) is 11.7. The van der Waals surface area contributed by atoms with E-state index >= 15 is 0 Å². The maximum atomic E-state index is 9.78. The molecule has 3 rings (SSSR count). The molecule has 1 aromatic heterocycles. The lowest BCUT2D eigenvalue weighted by Crippen LogP contribution is -2.36. The Morgan fingerprint density at radius 1 is 1.15 bits per heavy atom. The van der Waals surface area contributed by atoms with Gasteiger partial charge in [0.05, 0.1) is 0 Å². The Morgan fingerprint density at radius 2 is 1.95 bits per heavy atom. The van der Waals surface area contributed by atoms with Gasteiger partial charge in [-0.1, -0.05) is 36.4 Å². The quantitative estimate of drug-likeness (QED) is 0.823. The number of rotatable bonds is 5. The highest BCUT2D eigenvalue weighted by Gasteiger charge is 2.42. The molecular formula is C18H21NO. The van der Waals surface area contributed by atoms with E-state index in [0.717, 1.165) is 13.0 Å². The van der Waals surface area contributed by atoms with Gasteiger partial charge in [-0.05, 0) is 36.0 Å². The van der Waals surface area contributed by atoms with E-state index in [9.17, 15) is 5.11 Å². The molecule has 1 aliphatic carbocycles. The standard InChI is InChI=1S/C18H21NO/c1-2-10-19-11-6-9-18(19)16-12-15(17(16)13-20)14-7-4-3-5-8-14/h2-9,11,15-17,20H,1,10,12-13H2. The van der Waals surface area contributed by atoms with Crippen molar-refractivity contribution >= 4 is 0 Å². The van der Waals surface area contributed by atoms with Crippen LogP contribution in [0.2, 0.25) is 0 Å². The third-order valence-electron chi connectivity index (χ3n) is 4.55. The number of hydrogen-bond donors (Lipinski definition) is 1. The summed E-state index contributed by atoms with van der Waals surface area (Å²) in [5.74, 6) is 1.27. The first-order valence-electron chi connectivity index (χ1n) is 7.27. The molecular weight excluding hydrogens is 246 g/mol. The average Bonchev–Trinajstić information content (AvgIpc) is 2.88. The van der Waals surface area contributed by atoms with E-state index in [-0.39, 0.29) is 6.61 Å². The highest BCUT2D eigenvalue weighted by molar-refractivity contribution is 5.29. The molecule has 0 aliphatic heterocycles. The minimum absolute atomic E-state index is 0.253. The SMILES string of the molecule is C=CCn1cccc1C1CC(c2ccccc2)C1CO. The van der Waals surface area contributed by atoms with Gasteiger partial charge in [0.1, 0.15) is 0 Å². The number of aliphatic hydroxyl groups is 1. The lowest BCUT2D eigenvalue weighted by Gasteiger charge is -2.44. The summed E-state index contributed by atoms with van der Waals surface area (Å²) in [6.07, 6.45) is 5.14. The van der Waals surface area contributed by atoms with Crippen LogP contribution in [-0.4, -0.2) is 16.3 Å². The van der Waals surface area contributed by atoms with Gasteiger partial charge >= 0.3 is 0 Å². The van der Waals surface area contributed by atoms with E-state index in [2.05, 4.69) is 53.7 Å². The van der Waals surface area contributed by atoms with E-state index in [4.69, 9.17) is 0 Å². The van der Waals surface area contributed by atoms with Crippen molar-refractivity contribution in [2.45, 2.75) is 24.8 Å². The topological polar surface area (TPSA) is 25.2 Å². The van der Waals surface area contributed by atoms with Crippen molar-refractivity contribution in [3.8, 4) is 0 Å². The first-order chi connectivity index (χ1) is 9.85. The summed E-state index contributed by atoms with van der Waals surface area (Å²) in [5, 5.41) is 9.78. The Kier molecular flexibility index (Phi) is 3.75. The average molecular weight is 267 g/mol. The molecule has 3 atom stereocenters. The zero-order valence-electron chi connectivity index (χ0n) is 11.7. The van der Waals surface area contributed by atoms with Gasteiger partial charge in [0.2, 0.25) is 0 Å². The fourth-order valence-corrected chi connectivity index (χ4v) is 3.46. The van der Waals surface area contributed by atoms with Crippen molar-refractivity contribution in [3.63, 3.8) is 0 Å². The van der Waals surface area contributed by atoms with Gasteiger partial charge in [0, 0.05) is 31.0 Å². The fourth-order valence-electron chi connectivity index (χ4n) is 3.46. The summed E-state index contributed by atoms with van der Waals surface area (Å²) in [5.41, 5.74) is 2.68. The number of benzene rings is 1. The molecule has 1 fully saturated rings. The Morgan fingerprint density at radius 3 is 2.65 bits per heavy atom. The number of aliphatic hydroxyl groups excluding tert-OH is 1. The van der Waals surface area contributed by atoms with E-state index in [1.165, 1.54) is 11.3 Å². The highest BCUT2D eigenvalue weighted by atomic mass is 16.3. The van der Waals surface area contributed by atoms with E-state index < -0.39 is 0 Å². The first kappa shape index (κ1) is 13.2. The summed E-state index contributed by atoms with van der Waals surface area (Å²) < 4.78 is 2.24. The van der Waals surface area contributed by atoms with Gasteiger partial charge < -0.3 is 9.67 Å². The normalized spacial score (nSPS) is 25.1. The molecule has 104 valence electrons. The molecule has 0 saturated heterocycles. The van der Waals surface area contributed by atoms with Crippen LogP contribution in [0.15, 0.2) is 61.3 Å². The fraction of sp³-hybridized carbons (Fsp3) is 0.333. The van der Waals surface area contributed by atoms with Crippen molar-refractivity contribution in [2.75, 3.05) is 6.61 Å². The molecule has 1 aromatic carbocycles. The molecule has 2 nitrogen and oxygen atoms in total. The molecule has 0 amide bonds. The van der Waals surface area contributed by atoms with Crippen LogP contribution in [0.3, 0.4) is 0 Å². The Labute approximate surface area is 120 Å². The Balaban J connectivity index is 1.80. The van der Waals surface area contributed by atoms with E-state index in [1.807, 2.05) is 12.1 Å². The Bertz CT molecular complexity index is 572. The zero-order chi connectivity index (χ0) is 13.9. The maximum absolute atomic E-state index is 9.78. The lowest BCUT2D eigenvalue weighted by molar-refractivity contribution is 0.102. The number of nitrogens with zero attached hydrogens (tertiary/aromatic N) is 1. The second kappa shape index (κ2) is 5.68. The largest absolute Gasteiger partial charge is 0.396 e. The van der Waals surface area contributed by atoms with Gasteiger partial charge in [0.15, 0.2) is 0 Å². The maximum Gasteiger partial charge on any atom is 0.0471 e. The molecule has 1 heterocycles. The predicted molar refractivity (Wildman–Crippen MR) is 81.7 cm³/mol. The van der Waals surface area contributed by atoms with Crippen LogP contribution >= 0.6 is 0 Å². The van der Waals surface area contributed by atoms with E-state index in [0.29, 0.717) is 17.8 Å². The summed E-state index contributed by atoms with van der Waals surface area (Å²) in [4.78, 5) is 0. The Hall–Kier alpha value is -1.80. The van der Waals surface area contributed by atoms with Crippen molar-refractivity contribution in [1.82, 2.24) is 4.57 Å². The third kappa shape index (κ3) is 2.20. The smallest absolute Gasteiger partial charge is 0.0471 e. The monoisotopic (exact) mass is 267 g/mol. The van der Waals surface area contributed by atoms with Crippen LogP contribution in [0.4, 0.5) is 0 Å². The van der Waals surface area contributed by atoms with Gasteiger partial charge in [-0.15, -0.1) is 6.58 Å².